The van der Waals surface area contributed by atoms with Gasteiger partial charge in [-0.1, -0.05) is 30.3 Å². The van der Waals surface area contributed by atoms with Crippen LogP contribution in [-0.2, 0) is 28.4 Å². The second-order valence-corrected chi connectivity index (χ2v) is 8.47. The van der Waals surface area contributed by atoms with Crippen LogP contribution in [0.2, 0.25) is 0 Å². The standard InChI is InChI=1S/C27H48N5O6/c1-7-33-18-30(19-34-8-2)26-28-25(24-16-14-13-15-17-24)32(22-37-11-5,23-38-12-6)27(29-26)31(20-35-9-3)21-36-10-4/h13-17,25H,7-12,18-23H2,1-6H3/q+1. The van der Waals surface area contributed by atoms with E-state index < -0.39 is 6.17 Å². The fourth-order valence-corrected chi connectivity index (χ4v) is 3.95. The Labute approximate surface area is 228 Å². The minimum atomic E-state index is -0.409. The lowest BCUT2D eigenvalue weighted by Crippen LogP contribution is -2.65. The van der Waals surface area contributed by atoms with Crippen LogP contribution in [0, 0.1) is 0 Å². The number of rotatable bonds is 19. The molecule has 11 heteroatoms. The Bertz CT molecular complexity index is 801. The van der Waals surface area contributed by atoms with E-state index in [2.05, 4.69) is 12.1 Å². The van der Waals surface area contributed by atoms with Crippen molar-refractivity contribution in [3.63, 3.8) is 0 Å². The van der Waals surface area contributed by atoms with Gasteiger partial charge < -0.3 is 28.4 Å². The molecular formula is C27H48N5O6+. The molecule has 0 amide bonds. The predicted molar refractivity (Wildman–Crippen MR) is 147 cm³/mol. The van der Waals surface area contributed by atoms with E-state index in [1.54, 1.807) is 0 Å². The summed E-state index contributed by atoms with van der Waals surface area (Å²) in [7, 11) is 0. The molecular weight excluding hydrogens is 490 g/mol. The van der Waals surface area contributed by atoms with Crippen molar-refractivity contribution in [2.24, 2.45) is 9.98 Å². The second-order valence-electron chi connectivity index (χ2n) is 8.47. The number of aliphatic imine (C=N–C) groups is 2. The molecule has 0 fully saturated rings. The maximum absolute atomic E-state index is 6.11. The third kappa shape index (κ3) is 8.98. The Balaban J connectivity index is 2.77. The van der Waals surface area contributed by atoms with E-state index in [1.807, 2.05) is 69.5 Å². The summed E-state index contributed by atoms with van der Waals surface area (Å²) in [4.78, 5) is 14.2. The zero-order valence-electron chi connectivity index (χ0n) is 24.1. The van der Waals surface area contributed by atoms with Gasteiger partial charge in [0, 0.05) is 45.2 Å². The topological polar surface area (TPSA) is 86.6 Å². The molecule has 2 rings (SSSR count). The molecule has 1 aliphatic heterocycles. The van der Waals surface area contributed by atoms with Gasteiger partial charge in [0.05, 0.1) is 0 Å². The van der Waals surface area contributed by atoms with Crippen LogP contribution >= 0.6 is 0 Å². The summed E-state index contributed by atoms with van der Waals surface area (Å²) in [5.74, 6) is 1.20. The molecule has 38 heavy (non-hydrogen) atoms. The lowest BCUT2D eigenvalue weighted by molar-refractivity contribution is -0.916. The van der Waals surface area contributed by atoms with Gasteiger partial charge in [-0.2, -0.15) is 9.48 Å². The van der Waals surface area contributed by atoms with Crippen molar-refractivity contribution in [3.05, 3.63) is 35.9 Å². The van der Waals surface area contributed by atoms with Gasteiger partial charge in [0.15, 0.2) is 13.5 Å². The summed E-state index contributed by atoms with van der Waals surface area (Å²) in [6, 6.07) is 10.2. The highest BCUT2D eigenvalue weighted by Crippen LogP contribution is 2.36. The molecule has 0 radical (unpaired) electrons. The number of ether oxygens (including phenoxy) is 6. The highest BCUT2D eigenvalue weighted by molar-refractivity contribution is 5.93. The summed E-state index contributed by atoms with van der Waals surface area (Å²) >= 11 is 0. The van der Waals surface area contributed by atoms with Crippen LogP contribution in [0.1, 0.15) is 53.3 Å². The number of guanidine groups is 2. The van der Waals surface area contributed by atoms with Crippen molar-refractivity contribution in [2.45, 2.75) is 47.7 Å². The van der Waals surface area contributed by atoms with Crippen molar-refractivity contribution in [2.75, 3.05) is 80.0 Å². The SMILES string of the molecule is CCOCN(COCC)C1=NC(c2ccccc2)[N+](COCC)(COCC)C(N(COCC)COCC)=N1. The van der Waals surface area contributed by atoms with Gasteiger partial charge in [0.1, 0.15) is 26.9 Å². The fourth-order valence-electron chi connectivity index (χ4n) is 3.95. The Morgan fingerprint density at radius 1 is 0.632 bits per heavy atom. The molecule has 0 spiro atoms. The van der Waals surface area contributed by atoms with Gasteiger partial charge in [0.2, 0.25) is 12.1 Å². The Morgan fingerprint density at radius 3 is 1.53 bits per heavy atom. The first-order chi connectivity index (χ1) is 18.6. The maximum Gasteiger partial charge on any atom is 0.317 e. The number of quaternary nitrogens is 1. The highest BCUT2D eigenvalue weighted by atomic mass is 16.5. The van der Waals surface area contributed by atoms with E-state index in [-0.39, 0.29) is 4.48 Å². The van der Waals surface area contributed by atoms with Gasteiger partial charge in [-0.3, -0.25) is 9.80 Å². The largest absolute Gasteiger partial charge is 0.361 e. The van der Waals surface area contributed by atoms with E-state index in [4.69, 9.17) is 38.4 Å². The van der Waals surface area contributed by atoms with Gasteiger partial charge >= 0.3 is 5.96 Å². The van der Waals surface area contributed by atoms with Crippen LogP contribution in [-0.4, -0.2) is 106 Å². The van der Waals surface area contributed by atoms with Crippen molar-refractivity contribution in [3.8, 4) is 0 Å². The van der Waals surface area contributed by atoms with Gasteiger partial charge in [-0.15, -0.1) is 4.99 Å². The summed E-state index contributed by atoms with van der Waals surface area (Å²) in [6.07, 6.45) is -0.409. The Kier molecular flexibility index (Phi) is 15.4. The first kappa shape index (κ1) is 32.1. The molecule has 0 bridgehead atoms. The molecule has 11 nitrogen and oxygen atoms in total. The molecule has 0 aliphatic carbocycles. The summed E-state index contributed by atoms with van der Waals surface area (Å²) in [5.41, 5.74) is 1.01. The summed E-state index contributed by atoms with van der Waals surface area (Å²) in [6.45, 7) is 16.9. The molecule has 0 saturated carbocycles. The minimum Gasteiger partial charge on any atom is -0.361 e. The van der Waals surface area contributed by atoms with Crippen LogP contribution in [0.15, 0.2) is 40.3 Å². The fraction of sp³-hybridized carbons (Fsp3) is 0.704. The molecule has 0 N–H and O–H groups in total. The Morgan fingerprint density at radius 2 is 1.08 bits per heavy atom. The second kappa shape index (κ2) is 18.2. The number of nitrogens with zero attached hydrogens (tertiary/aromatic N) is 5. The third-order valence-corrected chi connectivity index (χ3v) is 5.82. The van der Waals surface area contributed by atoms with E-state index in [0.29, 0.717) is 91.9 Å². The lowest BCUT2D eigenvalue weighted by Gasteiger charge is -2.46. The van der Waals surface area contributed by atoms with E-state index in [0.717, 1.165) is 5.56 Å². The number of benzene rings is 1. The monoisotopic (exact) mass is 538 g/mol. The lowest BCUT2D eigenvalue weighted by atomic mass is 10.1. The summed E-state index contributed by atoms with van der Waals surface area (Å²) < 4.78 is 35.7. The van der Waals surface area contributed by atoms with Crippen LogP contribution in [0.4, 0.5) is 0 Å². The van der Waals surface area contributed by atoms with Gasteiger partial charge in [-0.25, -0.2) is 0 Å². The Hall–Kier alpha value is -2.12. The molecule has 1 aromatic carbocycles. The highest BCUT2D eigenvalue weighted by Gasteiger charge is 2.50. The predicted octanol–water partition coefficient (Wildman–Crippen LogP) is 3.80. The quantitative estimate of drug-likeness (QED) is 0.194. The number of hydrogen-bond donors (Lipinski definition) is 0. The molecule has 1 heterocycles. The van der Waals surface area contributed by atoms with Crippen molar-refractivity contribution >= 4 is 11.9 Å². The third-order valence-electron chi connectivity index (χ3n) is 5.82. The van der Waals surface area contributed by atoms with Crippen LogP contribution in [0.5, 0.6) is 0 Å². The minimum absolute atomic E-state index is 0.187. The van der Waals surface area contributed by atoms with Crippen LogP contribution < -0.4 is 0 Å². The molecule has 216 valence electrons. The first-order valence-corrected chi connectivity index (χ1v) is 13.7. The van der Waals surface area contributed by atoms with Gasteiger partial charge in [-0.05, 0) is 41.5 Å². The molecule has 1 aromatic rings. The molecule has 0 saturated heterocycles. The van der Waals surface area contributed by atoms with E-state index in [9.17, 15) is 0 Å². The molecule has 1 atom stereocenters. The zero-order valence-corrected chi connectivity index (χ0v) is 24.1. The zero-order chi connectivity index (χ0) is 27.6. The summed E-state index contributed by atoms with van der Waals surface area (Å²) in [5, 5.41) is 0. The van der Waals surface area contributed by atoms with Crippen molar-refractivity contribution < 1.29 is 32.9 Å². The average Bonchev–Trinajstić information content (AvgIpc) is 2.95. The average molecular weight is 539 g/mol. The number of hydrogen-bond acceptors (Lipinski definition) is 10. The van der Waals surface area contributed by atoms with Crippen molar-refractivity contribution in [1.29, 1.82) is 0 Å². The molecule has 1 unspecified atom stereocenters. The normalized spacial score (nSPS) is 16.7. The van der Waals surface area contributed by atoms with E-state index >= 15 is 0 Å². The molecule has 0 aromatic heterocycles. The van der Waals surface area contributed by atoms with Crippen LogP contribution in [0.3, 0.4) is 0 Å². The van der Waals surface area contributed by atoms with Gasteiger partial charge in [0.25, 0.3) is 0 Å². The maximum atomic E-state index is 6.11. The first-order valence-electron chi connectivity index (χ1n) is 13.7. The van der Waals surface area contributed by atoms with Crippen LogP contribution in [0.25, 0.3) is 0 Å². The smallest absolute Gasteiger partial charge is 0.317 e. The van der Waals surface area contributed by atoms with E-state index in [1.165, 1.54) is 0 Å². The molecule has 1 aliphatic rings. The van der Waals surface area contributed by atoms with Crippen molar-refractivity contribution in [1.82, 2.24) is 9.80 Å².